The van der Waals surface area contributed by atoms with Gasteiger partial charge in [-0.05, 0) is 71.1 Å². The van der Waals surface area contributed by atoms with Crippen LogP contribution in [0.5, 0.6) is 0 Å². The van der Waals surface area contributed by atoms with Gasteiger partial charge >= 0.3 is 12.1 Å². The van der Waals surface area contributed by atoms with Crippen molar-refractivity contribution in [1.82, 2.24) is 4.90 Å². The molecule has 7 nitrogen and oxygen atoms in total. The lowest BCUT2D eigenvalue weighted by Gasteiger charge is -2.43. The standard InChI is InChI=1S/C22H30N2O5/c1-15-8-9-16(14-17(15)18(25)28-5)23-13-11-22(19(23)26)10-6-7-12-24(22)20(27)29-21(2,3)4/h8-9,14H,6-7,10-13H2,1-5H3. The third kappa shape index (κ3) is 3.95. The average molecular weight is 402 g/mol. The highest BCUT2D eigenvalue weighted by atomic mass is 16.6. The molecule has 0 saturated carbocycles. The Kier molecular flexibility index (Phi) is 5.61. The fraction of sp³-hybridized carbons (Fsp3) is 0.591. The van der Waals surface area contributed by atoms with E-state index in [1.54, 1.807) is 15.9 Å². The van der Waals surface area contributed by atoms with Crippen LogP contribution in [0.25, 0.3) is 0 Å². The molecule has 1 spiro atoms. The summed E-state index contributed by atoms with van der Waals surface area (Å²) < 4.78 is 10.4. The van der Waals surface area contributed by atoms with Gasteiger partial charge in [0, 0.05) is 18.8 Å². The van der Waals surface area contributed by atoms with Crippen LogP contribution in [0.4, 0.5) is 10.5 Å². The Hall–Kier alpha value is -2.57. The molecular formula is C22H30N2O5. The second kappa shape index (κ2) is 7.69. The van der Waals surface area contributed by atoms with Crippen molar-refractivity contribution in [3.8, 4) is 0 Å². The molecule has 29 heavy (non-hydrogen) atoms. The second-order valence-electron chi connectivity index (χ2n) is 8.82. The van der Waals surface area contributed by atoms with Gasteiger partial charge in [-0.2, -0.15) is 0 Å². The summed E-state index contributed by atoms with van der Waals surface area (Å²) in [5, 5.41) is 0. The Morgan fingerprint density at radius 3 is 2.48 bits per heavy atom. The van der Waals surface area contributed by atoms with Crippen molar-refractivity contribution in [3.05, 3.63) is 29.3 Å². The summed E-state index contributed by atoms with van der Waals surface area (Å²) in [6, 6.07) is 5.34. The summed E-state index contributed by atoms with van der Waals surface area (Å²) >= 11 is 0. The van der Waals surface area contributed by atoms with Gasteiger partial charge in [-0.25, -0.2) is 9.59 Å². The Balaban J connectivity index is 1.91. The first-order valence-electron chi connectivity index (χ1n) is 10.1. The molecule has 1 aromatic carbocycles. The van der Waals surface area contributed by atoms with Crippen LogP contribution in [0.3, 0.4) is 0 Å². The van der Waals surface area contributed by atoms with Crippen molar-refractivity contribution in [2.75, 3.05) is 25.1 Å². The number of esters is 1. The molecule has 0 bridgehead atoms. The number of benzene rings is 1. The molecule has 0 aliphatic carbocycles. The van der Waals surface area contributed by atoms with E-state index in [0.717, 1.165) is 18.4 Å². The molecule has 1 aromatic rings. The maximum absolute atomic E-state index is 13.6. The minimum Gasteiger partial charge on any atom is -0.465 e. The molecule has 1 unspecified atom stereocenters. The van der Waals surface area contributed by atoms with Gasteiger partial charge in [0.15, 0.2) is 0 Å². The van der Waals surface area contributed by atoms with E-state index in [4.69, 9.17) is 9.47 Å². The molecule has 0 radical (unpaired) electrons. The first kappa shape index (κ1) is 21.1. The Bertz CT molecular complexity index is 829. The molecule has 1 atom stereocenters. The summed E-state index contributed by atoms with van der Waals surface area (Å²) in [5.74, 6) is -0.540. The van der Waals surface area contributed by atoms with Gasteiger partial charge in [0.05, 0.1) is 12.7 Å². The van der Waals surface area contributed by atoms with Crippen LogP contribution < -0.4 is 4.90 Å². The maximum Gasteiger partial charge on any atom is 0.411 e. The van der Waals surface area contributed by atoms with E-state index in [2.05, 4.69) is 0 Å². The fourth-order valence-electron chi connectivity index (χ4n) is 4.21. The quantitative estimate of drug-likeness (QED) is 0.706. The molecule has 7 heteroatoms. The van der Waals surface area contributed by atoms with E-state index in [1.165, 1.54) is 7.11 Å². The summed E-state index contributed by atoms with van der Waals surface area (Å²) in [6.45, 7) is 8.30. The van der Waals surface area contributed by atoms with Gasteiger partial charge in [-0.1, -0.05) is 6.07 Å². The van der Waals surface area contributed by atoms with Gasteiger partial charge in [0.2, 0.25) is 0 Å². The highest BCUT2D eigenvalue weighted by Crippen LogP contribution is 2.40. The third-order valence-corrected chi connectivity index (χ3v) is 5.68. The predicted octanol–water partition coefficient (Wildman–Crippen LogP) is 3.68. The maximum atomic E-state index is 13.6. The lowest BCUT2D eigenvalue weighted by molar-refractivity contribution is -0.129. The molecule has 2 fully saturated rings. The number of hydrogen-bond donors (Lipinski definition) is 0. The monoisotopic (exact) mass is 402 g/mol. The largest absolute Gasteiger partial charge is 0.465 e. The molecule has 2 amide bonds. The van der Waals surface area contributed by atoms with E-state index in [0.29, 0.717) is 37.2 Å². The third-order valence-electron chi connectivity index (χ3n) is 5.68. The van der Waals surface area contributed by atoms with Crippen LogP contribution in [0.15, 0.2) is 18.2 Å². The minimum atomic E-state index is -0.878. The molecule has 3 rings (SSSR count). The van der Waals surface area contributed by atoms with Crippen molar-refractivity contribution in [1.29, 1.82) is 0 Å². The minimum absolute atomic E-state index is 0.109. The van der Waals surface area contributed by atoms with Crippen molar-refractivity contribution < 1.29 is 23.9 Å². The Labute approximate surface area is 171 Å². The van der Waals surface area contributed by atoms with Gasteiger partial charge in [-0.3, -0.25) is 9.69 Å². The number of ether oxygens (including phenoxy) is 2. The van der Waals surface area contributed by atoms with Crippen LogP contribution in [-0.2, 0) is 14.3 Å². The average Bonchev–Trinajstić information content (AvgIpc) is 2.97. The van der Waals surface area contributed by atoms with Gasteiger partial charge in [0.25, 0.3) is 5.91 Å². The van der Waals surface area contributed by atoms with Crippen molar-refractivity contribution >= 4 is 23.7 Å². The zero-order valence-electron chi connectivity index (χ0n) is 17.9. The number of likely N-dealkylation sites (tertiary alicyclic amines) is 1. The van der Waals surface area contributed by atoms with Crippen LogP contribution in [0.2, 0.25) is 0 Å². The van der Waals surface area contributed by atoms with E-state index in [1.807, 2.05) is 39.8 Å². The van der Waals surface area contributed by atoms with Crippen molar-refractivity contribution in [2.24, 2.45) is 0 Å². The second-order valence-corrected chi connectivity index (χ2v) is 8.82. The number of nitrogens with zero attached hydrogens (tertiary/aromatic N) is 2. The lowest BCUT2D eigenvalue weighted by atomic mass is 9.85. The predicted molar refractivity (Wildman–Crippen MR) is 109 cm³/mol. The van der Waals surface area contributed by atoms with E-state index < -0.39 is 23.2 Å². The number of rotatable bonds is 2. The number of carbonyl (C=O) groups excluding carboxylic acids is 3. The number of piperidine rings is 1. The van der Waals surface area contributed by atoms with Gasteiger partial charge in [0.1, 0.15) is 11.1 Å². The molecule has 2 aliphatic heterocycles. The highest BCUT2D eigenvalue weighted by Gasteiger charge is 2.54. The summed E-state index contributed by atoms with van der Waals surface area (Å²) in [7, 11) is 1.34. The molecule has 0 aromatic heterocycles. The van der Waals surface area contributed by atoms with Crippen LogP contribution in [0.1, 0.15) is 62.4 Å². The van der Waals surface area contributed by atoms with Gasteiger partial charge < -0.3 is 14.4 Å². The first-order valence-corrected chi connectivity index (χ1v) is 10.1. The number of amides is 2. The number of anilines is 1. The van der Waals surface area contributed by atoms with Crippen LogP contribution in [0, 0.1) is 6.92 Å². The normalized spacial score (nSPS) is 22.2. The van der Waals surface area contributed by atoms with E-state index >= 15 is 0 Å². The molecule has 0 N–H and O–H groups in total. The molecule has 2 heterocycles. The number of hydrogen-bond acceptors (Lipinski definition) is 5. The Morgan fingerprint density at radius 1 is 1.10 bits per heavy atom. The van der Waals surface area contributed by atoms with E-state index in [9.17, 15) is 14.4 Å². The SMILES string of the molecule is COC(=O)c1cc(N2CCC3(CCCCN3C(=O)OC(C)(C)C)C2=O)ccc1C. The van der Waals surface area contributed by atoms with Crippen molar-refractivity contribution in [3.63, 3.8) is 0 Å². The summed E-state index contributed by atoms with van der Waals surface area (Å²) in [4.78, 5) is 41.8. The Morgan fingerprint density at radius 2 is 1.83 bits per heavy atom. The van der Waals surface area contributed by atoms with Crippen LogP contribution >= 0.6 is 0 Å². The highest BCUT2D eigenvalue weighted by molar-refractivity contribution is 6.05. The summed E-state index contributed by atoms with van der Waals surface area (Å²) in [5.41, 5.74) is 0.370. The molecule has 158 valence electrons. The van der Waals surface area contributed by atoms with E-state index in [-0.39, 0.29) is 5.91 Å². The molecular weight excluding hydrogens is 372 g/mol. The summed E-state index contributed by atoms with van der Waals surface area (Å²) in [6.07, 6.45) is 2.47. The number of methoxy groups -OCH3 is 1. The molecule has 2 saturated heterocycles. The lowest BCUT2D eigenvalue weighted by Crippen LogP contribution is -2.59. The number of carbonyl (C=O) groups is 3. The number of aryl methyl sites for hydroxylation is 1. The van der Waals surface area contributed by atoms with Crippen molar-refractivity contribution in [2.45, 2.75) is 64.5 Å². The van der Waals surface area contributed by atoms with Gasteiger partial charge in [-0.15, -0.1) is 0 Å². The molecule has 2 aliphatic rings. The first-order chi connectivity index (χ1) is 13.6. The van der Waals surface area contributed by atoms with Crippen LogP contribution in [-0.4, -0.2) is 54.2 Å². The smallest absolute Gasteiger partial charge is 0.411 e. The fourth-order valence-corrected chi connectivity index (χ4v) is 4.21. The topological polar surface area (TPSA) is 76.2 Å². The zero-order chi connectivity index (χ0) is 21.4. The zero-order valence-corrected chi connectivity index (χ0v) is 17.9.